The Labute approximate surface area is 116 Å². The lowest BCUT2D eigenvalue weighted by Gasteiger charge is -2.21. The highest BCUT2D eigenvalue weighted by Crippen LogP contribution is 2.21. The van der Waals surface area contributed by atoms with Crippen molar-refractivity contribution in [3.8, 4) is 0 Å². The van der Waals surface area contributed by atoms with Crippen molar-refractivity contribution in [2.45, 2.75) is 51.5 Å². The first-order chi connectivity index (χ1) is 9.09. The lowest BCUT2D eigenvalue weighted by Crippen LogP contribution is -2.38. The topological polar surface area (TPSA) is 30.5 Å². The van der Waals surface area contributed by atoms with Crippen LogP contribution in [-0.2, 0) is 15.9 Å². The van der Waals surface area contributed by atoms with Gasteiger partial charge in [0.2, 0.25) is 0 Å². The molecule has 0 aromatic heterocycles. The zero-order valence-electron chi connectivity index (χ0n) is 12.2. The highest BCUT2D eigenvalue weighted by atomic mass is 16.7. The Morgan fingerprint density at radius 1 is 1.32 bits per heavy atom. The summed E-state index contributed by atoms with van der Waals surface area (Å²) in [5.41, 5.74) is 1.38. The molecule has 0 saturated carbocycles. The van der Waals surface area contributed by atoms with E-state index >= 15 is 0 Å². The zero-order chi connectivity index (χ0) is 13.7. The average molecular weight is 263 g/mol. The second-order valence-electron chi connectivity index (χ2n) is 5.65. The number of ether oxygens (including phenoxy) is 2. The van der Waals surface area contributed by atoms with Gasteiger partial charge in [0.25, 0.3) is 0 Å². The van der Waals surface area contributed by atoms with E-state index in [1.54, 1.807) is 0 Å². The van der Waals surface area contributed by atoms with E-state index in [1.165, 1.54) is 5.56 Å². The lowest BCUT2D eigenvalue weighted by atomic mass is 10.0. The summed E-state index contributed by atoms with van der Waals surface area (Å²) in [7, 11) is 0. The molecule has 3 nitrogen and oxygen atoms in total. The predicted octanol–water partition coefficient (Wildman–Crippen LogP) is 2.75. The first kappa shape index (κ1) is 14.5. The maximum Gasteiger partial charge on any atom is 0.163 e. The van der Waals surface area contributed by atoms with Crippen molar-refractivity contribution >= 4 is 0 Å². The fraction of sp³-hybridized carbons (Fsp3) is 0.625. The smallest absolute Gasteiger partial charge is 0.163 e. The van der Waals surface area contributed by atoms with Crippen molar-refractivity contribution in [3.05, 3.63) is 35.9 Å². The predicted molar refractivity (Wildman–Crippen MR) is 77.1 cm³/mol. The van der Waals surface area contributed by atoms with Crippen LogP contribution in [0.15, 0.2) is 30.3 Å². The van der Waals surface area contributed by atoms with Gasteiger partial charge in [-0.1, -0.05) is 37.3 Å². The van der Waals surface area contributed by atoms with Gasteiger partial charge < -0.3 is 14.8 Å². The van der Waals surface area contributed by atoms with Crippen LogP contribution in [0.2, 0.25) is 0 Å². The van der Waals surface area contributed by atoms with Crippen LogP contribution in [0.1, 0.15) is 32.8 Å². The van der Waals surface area contributed by atoms with E-state index in [2.05, 4.69) is 42.6 Å². The minimum absolute atomic E-state index is 0.167. The Balaban J connectivity index is 1.77. The number of benzene rings is 1. The monoisotopic (exact) mass is 263 g/mol. The van der Waals surface area contributed by atoms with Gasteiger partial charge in [-0.3, -0.25) is 0 Å². The highest BCUT2D eigenvalue weighted by molar-refractivity contribution is 5.15. The molecule has 0 bridgehead atoms. The molecule has 1 saturated heterocycles. The summed E-state index contributed by atoms with van der Waals surface area (Å²) in [6, 6.07) is 11.1. The summed E-state index contributed by atoms with van der Waals surface area (Å²) in [5.74, 6) is -0.423. The summed E-state index contributed by atoms with van der Waals surface area (Å²) in [6.45, 7) is 7.69. The van der Waals surface area contributed by atoms with Crippen molar-refractivity contribution in [1.29, 1.82) is 0 Å². The van der Waals surface area contributed by atoms with Crippen LogP contribution in [0, 0.1) is 0 Å². The maximum absolute atomic E-state index is 5.81. The lowest BCUT2D eigenvalue weighted by molar-refractivity contribution is -0.137. The Hall–Kier alpha value is -0.900. The molecule has 1 N–H and O–H groups in total. The second kappa shape index (κ2) is 6.51. The zero-order valence-corrected chi connectivity index (χ0v) is 12.2. The molecule has 2 unspecified atom stereocenters. The molecule has 1 aliphatic rings. The maximum atomic E-state index is 5.81. The summed E-state index contributed by atoms with van der Waals surface area (Å²) in [6.07, 6.45) is 2.35. The van der Waals surface area contributed by atoms with Crippen LogP contribution >= 0.6 is 0 Å². The van der Waals surface area contributed by atoms with Gasteiger partial charge in [-0.15, -0.1) is 0 Å². The van der Waals surface area contributed by atoms with E-state index in [4.69, 9.17) is 9.47 Å². The van der Waals surface area contributed by atoms with Crippen LogP contribution < -0.4 is 5.32 Å². The van der Waals surface area contributed by atoms with Crippen LogP contribution in [0.3, 0.4) is 0 Å². The third-order valence-electron chi connectivity index (χ3n) is 3.52. The van der Waals surface area contributed by atoms with E-state index in [0.29, 0.717) is 12.6 Å². The Bertz CT molecular complexity index is 378. The van der Waals surface area contributed by atoms with Crippen molar-refractivity contribution in [1.82, 2.24) is 5.32 Å². The number of nitrogens with one attached hydrogen (secondary N) is 1. The fourth-order valence-electron chi connectivity index (χ4n) is 2.42. The van der Waals surface area contributed by atoms with Gasteiger partial charge in [0.15, 0.2) is 5.79 Å². The molecule has 0 amide bonds. The first-order valence-corrected chi connectivity index (χ1v) is 7.18. The molecular weight excluding hydrogens is 238 g/mol. The summed E-state index contributed by atoms with van der Waals surface area (Å²) < 4.78 is 11.4. The molecule has 1 heterocycles. The molecule has 2 rings (SSSR count). The Morgan fingerprint density at radius 2 is 2.05 bits per heavy atom. The molecule has 1 aromatic carbocycles. The summed E-state index contributed by atoms with van der Waals surface area (Å²) in [5, 5.41) is 3.59. The van der Waals surface area contributed by atoms with Crippen LogP contribution in [0.5, 0.6) is 0 Å². The molecule has 0 radical (unpaired) electrons. The molecule has 1 aliphatic heterocycles. The van der Waals surface area contributed by atoms with Crippen LogP contribution in [-0.4, -0.2) is 31.1 Å². The molecule has 0 aliphatic carbocycles. The molecule has 106 valence electrons. The average Bonchev–Trinajstić information content (AvgIpc) is 2.75. The number of hydrogen-bond acceptors (Lipinski definition) is 3. The van der Waals surface area contributed by atoms with E-state index in [-0.39, 0.29) is 6.10 Å². The van der Waals surface area contributed by atoms with Gasteiger partial charge in [-0.05, 0) is 32.3 Å². The van der Waals surface area contributed by atoms with Gasteiger partial charge in [0, 0.05) is 12.6 Å². The third kappa shape index (κ3) is 4.60. The van der Waals surface area contributed by atoms with Crippen molar-refractivity contribution in [3.63, 3.8) is 0 Å². The number of rotatable bonds is 6. The van der Waals surface area contributed by atoms with Gasteiger partial charge in [-0.25, -0.2) is 0 Å². The van der Waals surface area contributed by atoms with Crippen LogP contribution in [0.25, 0.3) is 0 Å². The minimum atomic E-state index is -0.423. The van der Waals surface area contributed by atoms with Crippen molar-refractivity contribution in [2.24, 2.45) is 0 Å². The van der Waals surface area contributed by atoms with Gasteiger partial charge >= 0.3 is 0 Å². The highest BCUT2D eigenvalue weighted by Gasteiger charge is 2.32. The molecule has 1 aromatic rings. The molecule has 2 atom stereocenters. The third-order valence-corrected chi connectivity index (χ3v) is 3.52. The fourth-order valence-corrected chi connectivity index (χ4v) is 2.42. The number of hydrogen-bond donors (Lipinski definition) is 1. The standard InChI is InChI=1S/C16H25NO2/c1-4-14(10-13-8-6-5-7-9-13)17-11-15-12-18-16(2,3)19-15/h5-9,14-15,17H,4,10-12H2,1-3H3. The van der Waals surface area contributed by atoms with E-state index in [9.17, 15) is 0 Å². The normalized spacial score (nSPS) is 23.4. The van der Waals surface area contributed by atoms with E-state index in [1.807, 2.05) is 13.8 Å². The minimum Gasteiger partial charge on any atom is -0.348 e. The summed E-state index contributed by atoms with van der Waals surface area (Å²) in [4.78, 5) is 0. The molecule has 3 heteroatoms. The van der Waals surface area contributed by atoms with Crippen molar-refractivity contribution < 1.29 is 9.47 Å². The second-order valence-corrected chi connectivity index (χ2v) is 5.65. The molecular formula is C16H25NO2. The van der Waals surface area contributed by atoms with E-state index < -0.39 is 5.79 Å². The van der Waals surface area contributed by atoms with Crippen molar-refractivity contribution in [2.75, 3.05) is 13.2 Å². The van der Waals surface area contributed by atoms with E-state index in [0.717, 1.165) is 19.4 Å². The van der Waals surface area contributed by atoms with Gasteiger partial charge in [0.05, 0.1) is 12.7 Å². The molecule has 0 spiro atoms. The van der Waals surface area contributed by atoms with Crippen LogP contribution in [0.4, 0.5) is 0 Å². The Kier molecular flexibility index (Phi) is 4.97. The van der Waals surface area contributed by atoms with Gasteiger partial charge in [-0.2, -0.15) is 0 Å². The largest absolute Gasteiger partial charge is 0.348 e. The van der Waals surface area contributed by atoms with Gasteiger partial charge in [0.1, 0.15) is 0 Å². The SMILES string of the molecule is CCC(Cc1ccccc1)NCC1COC(C)(C)O1. The Morgan fingerprint density at radius 3 is 2.63 bits per heavy atom. The molecule has 19 heavy (non-hydrogen) atoms. The molecule has 1 fully saturated rings. The quantitative estimate of drug-likeness (QED) is 0.856. The summed E-state index contributed by atoms with van der Waals surface area (Å²) >= 11 is 0. The first-order valence-electron chi connectivity index (χ1n) is 7.18.